The molecule has 1 aliphatic heterocycles. The van der Waals surface area contributed by atoms with Gasteiger partial charge in [0.25, 0.3) is 0 Å². The molecule has 1 aromatic carbocycles. The molecule has 1 unspecified atom stereocenters. The van der Waals surface area contributed by atoms with Gasteiger partial charge in [-0.1, -0.05) is 6.07 Å². The number of benzene rings is 1. The Kier molecular flexibility index (Phi) is 4.64. The zero-order chi connectivity index (χ0) is 12.3. The van der Waals surface area contributed by atoms with Crippen molar-refractivity contribution in [3.05, 3.63) is 27.3 Å². The number of ether oxygens (including phenoxy) is 1. The van der Waals surface area contributed by atoms with Crippen LogP contribution in [0, 0.1) is 10.5 Å². The smallest absolute Gasteiger partial charge is 0.0874 e. The fourth-order valence-corrected chi connectivity index (χ4v) is 2.51. The first-order valence-electron chi connectivity index (χ1n) is 5.96. The van der Waals surface area contributed by atoms with Gasteiger partial charge in [-0.25, -0.2) is 0 Å². The van der Waals surface area contributed by atoms with Crippen LogP contribution in [0.25, 0.3) is 0 Å². The van der Waals surface area contributed by atoms with Crippen LogP contribution in [0.1, 0.15) is 5.56 Å². The van der Waals surface area contributed by atoms with E-state index in [1.807, 2.05) is 0 Å². The zero-order valence-electron chi connectivity index (χ0n) is 10.4. The third-order valence-corrected chi connectivity index (χ3v) is 4.30. The first-order valence-corrected chi connectivity index (χ1v) is 7.04. The second-order valence-corrected chi connectivity index (χ2v) is 5.71. The second-order valence-electron chi connectivity index (χ2n) is 4.55. The maximum Gasteiger partial charge on any atom is 0.0874 e. The Morgan fingerprint density at radius 2 is 2.35 bits per heavy atom. The summed E-state index contributed by atoms with van der Waals surface area (Å²) in [6.07, 6.45) is 0.297. The van der Waals surface area contributed by atoms with Crippen molar-refractivity contribution in [2.45, 2.75) is 13.0 Å². The van der Waals surface area contributed by atoms with Crippen molar-refractivity contribution in [2.24, 2.45) is 0 Å². The molecule has 0 bridgehead atoms. The number of nitrogens with one attached hydrogen (secondary N) is 1. The van der Waals surface area contributed by atoms with Crippen LogP contribution >= 0.6 is 22.6 Å². The van der Waals surface area contributed by atoms with E-state index in [9.17, 15) is 0 Å². The fraction of sp³-hybridized carbons (Fsp3) is 0.538. The molecule has 0 amide bonds. The fourth-order valence-electron chi connectivity index (χ4n) is 2.01. The molecule has 3 nitrogen and oxygen atoms in total. The van der Waals surface area contributed by atoms with Crippen LogP contribution in [-0.4, -0.2) is 44.3 Å². The van der Waals surface area contributed by atoms with Gasteiger partial charge in [0.1, 0.15) is 0 Å². The number of rotatable bonds is 3. The van der Waals surface area contributed by atoms with Crippen LogP contribution in [0.3, 0.4) is 0 Å². The van der Waals surface area contributed by atoms with Gasteiger partial charge in [-0.05, 0) is 54.3 Å². The topological polar surface area (TPSA) is 24.5 Å². The molecule has 1 saturated heterocycles. The number of hydrogen-bond acceptors (Lipinski definition) is 3. The number of halogens is 1. The monoisotopic (exact) mass is 346 g/mol. The third-order valence-electron chi connectivity index (χ3n) is 3.13. The molecule has 94 valence electrons. The molecular formula is C13H19IN2O. The number of morpholine rings is 1. The zero-order valence-corrected chi connectivity index (χ0v) is 12.5. The Labute approximate surface area is 117 Å². The highest BCUT2D eigenvalue weighted by Gasteiger charge is 2.17. The van der Waals surface area contributed by atoms with E-state index in [1.165, 1.54) is 14.8 Å². The average Bonchev–Trinajstić information content (AvgIpc) is 2.31. The van der Waals surface area contributed by atoms with Gasteiger partial charge >= 0.3 is 0 Å². The summed E-state index contributed by atoms with van der Waals surface area (Å²) in [6.45, 7) is 5.92. The van der Waals surface area contributed by atoms with Gasteiger partial charge in [0, 0.05) is 28.9 Å². The minimum atomic E-state index is 0.297. The van der Waals surface area contributed by atoms with Gasteiger partial charge < -0.3 is 15.0 Å². The molecule has 0 aliphatic carbocycles. The van der Waals surface area contributed by atoms with Gasteiger partial charge in [-0.15, -0.1) is 0 Å². The maximum absolute atomic E-state index is 5.73. The molecule has 0 spiro atoms. The highest BCUT2D eigenvalue weighted by atomic mass is 127. The predicted molar refractivity (Wildman–Crippen MR) is 79.6 cm³/mol. The van der Waals surface area contributed by atoms with Gasteiger partial charge in [0.15, 0.2) is 0 Å². The standard InChI is InChI=1S/C13H19IN2O/c1-10-12(14)4-3-5-13(10)15-8-11-9-16(2)6-7-17-11/h3-5,11,15H,6-9H2,1-2H3. The molecule has 0 saturated carbocycles. The molecule has 0 radical (unpaired) electrons. The Morgan fingerprint density at radius 3 is 3.12 bits per heavy atom. The van der Waals surface area contributed by atoms with Crippen molar-refractivity contribution in [3.63, 3.8) is 0 Å². The molecule has 1 atom stereocenters. The first-order chi connectivity index (χ1) is 8.16. The van der Waals surface area contributed by atoms with E-state index >= 15 is 0 Å². The molecule has 2 rings (SSSR count). The lowest BCUT2D eigenvalue weighted by molar-refractivity contribution is -0.0117. The molecule has 1 heterocycles. The summed E-state index contributed by atoms with van der Waals surface area (Å²) in [6, 6.07) is 6.35. The van der Waals surface area contributed by atoms with E-state index in [2.05, 4.69) is 65.0 Å². The highest BCUT2D eigenvalue weighted by molar-refractivity contribution is 14.1. The lowest BCUT2D eigenvalue weighted by Gasteiger charge is -2.30. The number of anilines is 1. The van der Waals surface area contributed by atoms with Gasteiger partial charge in [-0.3, -0.25) is 0 Å². The predicted octanol–water partition coefficient (Wildman–Crippen LogP) is 2.34. The van der Waals surface area contributed by atoms with E-state index in [0.29, 0.717) is 6.10 Å². The normalized spacial score (nSPS) is 21.5. The lowest BCUT2D eigenvalue weighted by Crippen LogP contribution is -2.43. The third kappa shape index (κ3) is 3.56. The largest absolute Gasteiger partial charge is 0.382 e. The minimum Gasteiger partial charge on any atom is -0.382 e. The number of likely N-dealkylation sites (N-methyl/N-ethyl adjacent to an activating group) is 1. The molecular weight excluding hydrogens is 327 g/mol. The quantitative estimate of drug-likeness (QED) is 0.851. The Bertz CT molecular complexity index is 384. The lowest BCUT2D eigenvalue weighted by atomic mass is 10.2. The summed E-state index contributed by atoms with van der Waals surface area (Å²) in [5.41, 5.74) is 2.53. The van der Waals surface area contributed by atoms with Crippen molar-refractivity contribution in [1.29, 1.82) is 0 Å². The van der Waals surface area contributed by atoms with Gasteiger partial charge in [-0.2, -0.15) is 0 Å². The van der Waals surface area contributed by atoms with E-state index in [4.69, 9.17) is 4.74 Å². The summed E-state index contributed by atoms with van der Waals surface area (Å²) >= 11 is 2.37. The van der Waals surface area contributed by atoms with E-state index < -0.39 is 0 Å². The van der Waals surface area contributed by atoms with E-state index in [0.717, 1.165) is 26.2 Å². The molecule has 17 heavy (non-hydrogen) atoms. The Balaban J connectivity index is 1.91. The highest BCUT2D eigenvalue weighted by Crippen LogP contribution is 2.20. The Morgan fingerprint density at radius 1 is 1.53 bits per heavy atom. The summed E-state index contributed by atoms with van der Waals surface area (Å²) in [4.78, 5) is 2.32. The van der Waals surface area contributed by atoms with Crippen molar-refractivity contribution in [2.75, 3.05) is 38.6 Å². The van der Waals surface area contributed by atoms with Crippen LogP contribution in [-0.2, 0) is 4.74 Å². The molecule has 1 fully saturated rings. The summed E-state index contributed by atoms with van der Waals surface area (Å²) in [5.74, 6) is 0. The van der Waals surface area contributed by atoms with Crippen molar-refractivity contribution < 1.29 is 4.74 Å². The molecule has 4 heteroatoms. The van der Waals surface area contributed by atoms with Gasteiger partial charge in [0.2, 0.25) is 0 Å². The molecule has 1 N–H and O–H groups in total. The van der Waals surface area contributed by atoms with Gasteiger partial charge in [0.05, 0.1) is 12.7 Å². The minimum absolute atomic E-state index is 0.297. The molecule has 0 aromatic heterocycles. The van der Waals surface area contributed by atoms with Crippen LogP contribution in [0.15, 0.2) is 18.2 Å². The van der Waals surface area contributed by atoms with E-state index in [1.54, 1.807) is 0 Å². The van der Waals surface area contributed by atoms with Crippen molar-refractivity contribution in [3.8, 4) is 0 Å². The van der Waals surface area contributed by atoms with Crippen LogP contribution < -0.4 is 5.32 Å². The summed E-state index contributed by atoms with van der Waals surface area (Å²) in [7, 11) is 2.15. The second kappa shape index (κ2) is 6.02. The SMILES string of the molecule is Cc1c(I)cccc1NCC1CN(C)CCO1. The van der Waals surface area contributed by atoms with Crippen LogP contribution in [0.5, 0.6) is 0 Å². The average molecular weight is 346 g/mol. The van der Waals surface area contributed by atoms with Crippen molar-refractivity contribution >= 4 is 28.3 Å². The Hall–Kier alpha value is -0.330. The summed E-state index contributed by atoms with van der Waals surface area (Å²) in [5, 5.41) is 3.49. The number of hydrogen-bond donors (Lipinski definition) is 1. The first kappa shape index (κ1) is 13.1. The van der Waals surface area contributed by atoms with Crippen molar-refractivity contribution in [1.82, 2.24) is 4.90 Å². The number of nitrogens with zero attached hydrogens (tertiary/aromatic N) is 1. The van der Waals surface area contributed by atoms with E-state index in [-0.39, 0.29) is 0 Å². The molecule has 1 aromatic rings. The molecule has 1 aliphatic rings. The van der Waals surface area contributed by atoms with Crippen LogP contribution in [0.4, 0.5) is 5.69 Å². The summed E-state index contributed by atoms with van der Waals surface area (Å²) < 4.78 is 7.03. The maximum atomic E-state index is 5.73. The van der Waals surface area contributed by atoms with Crippen LogP contribution in [0.2, 0.25) is 0 Å².